The summed E-state index contributed by atoms with van der Waals surface area (Å²) >= 11 is 12.9. The Hall–Kier alpha value is -1.50. The molecule has 0 radical (unpaired) electrons. The predicted molar refractivity (Wildman–Crippen MR) is 92.4 cm³/mol. The Morgan fingerprint density at radius 2 is 1.52 bits per heavy atom. The van der Waals surface area contributed by atoms with Crippen molar-refractivity contribution < 1.29 is 0 Å². The van der Waals surface area contributed by atoms with Gasteiger partial charge in [-0.1, -0.05) is 66.2 Å². The van der Waals surface area contributed by atoms with E-state index in [2.05, 4.69) is 43.3 Å². The first-order valence-corrected chi connectivity index (χ1v) is 7.84. The molecule has 3 aromatic carbocycles. The normalized spacial score (nSPS) is 12.5. The molecule has 106 valence electrons. The lowest BCUT2D eigenvalue weighted by Crippen LogP contribution is -1.98. The van der Waals surface area contributed by atoms with E-state index in [1.165, 1.54) is 16.3 Å². The van der Waals surface area contributed by atoms with Crippen molar-refractivity contribution >= 4 is 34.0 Å². The summed E-state index contributed by atoms with van der Waals surface area (Å²) in [6.45, 7) is 2.13. The zero-order chi connectivity index (χ0) is 14.8. The van der Waals surface area contributed by atoms with Crippen LogP contribution in [0.1, 0.15) is 22.1 Å². The van der Waals surface area contributed by atoms with Crippen LogP contribution in [0.2, 0.25) is 5.02 Å². The van der Waals surface area contributed by atoms with Crippen LogP contribution in [0.5, 0.6) is 0 Å². The lowest BCUT2D eigenvalue weighted by molar-refractivity contribution is 0.928. The van der Waals surface area contributed by atoms with Crippen LogP contribution in [0, 0.1) is 6.92 Å². The topological polar surface area (TPSA) is 0 Å². The number of alkyl halides is 1. The molecular weight excluding hydrogens is 299 g/mol. The molecule has 0 aliphatic carbocycles. The van der Waals surface area contributed by atoms with E-state index < -0.39 is 0 Å². The van der Waals surface area contributed by atoms with E-state index in [0.717, 1.165) is 22.6 Å². The molecule has 1 unspecified atom stereocenters. The standard InChI is InChI=1S/C19H16Cl2/c1-13-10-11-17(16-8-4-3-7-15(13)16)19(21)12-14-6-2-5-9-18(14)20/h2-11,19H,12H2,1H3. The van der Waals surface area contributed by atoms with E-state index in [4.69, 9.17) is 23.2 Å². The Balaban J connectivity index is 2.01. The Kier molecular flexibility index (Phi) is 4.19. The maximum Gasteiger partial charge on any atom is 0.0632 e. The van der Waals surface area contributed by atoms with Gasteiger partial charge in [-0.25, -0.2) is 0 Å². The van der Waals surface area contributed by atoms with E-state index in [1.54, 1.807) is 0 Å². The first-order chi connectivity index (χ1) is 10.2. The molecule has 3 rings (SSSR count). The number of hydrogen-bond acceptors (Lipinski definition) is 0. The number of benzene rings is 3. The van der Waals surface area contributed by atoms with Crippen molar-refractivity contribution in [3.8, 4) is 0 Å². The molecule has 0 nitrogen and oxygen atoms in total. The van der Waals surface area contributed by atoms with Crippen LogP contribution < -0.4 is 0 Å². The number of hydrogen-bond donors (Lipinski definition) is 0. The second kappa shape index (κ2) is 6.09. The van der Waals surface area contributed by atoms with Crippen LogP contribution in [0.4, 0.5) is 0 Å². The van der Waals surface area contributed by atoms with Crippen molar-refractivity contribution in [3.63, 3.8) is 0 Å². The summed E-state index contributed by atoms with van der Waals surface area (Å²) < 4.78 is 0. The van der Waals surface area contributed by atoms with Crippen molar-refractivity contribution in [2.24, 2.45) is 0 Å². The molecule has 0 N–H and O–H groups in total. The van der Waals surface area contributed by atoms with Crippen LogP contribution in [0.3, 0.4) is 0 Å². The largest absolute Gasteiger partial charge is 0.117 e. The average molecular weight is 315 g/mol. The maximum atomic E-state index is 6.69. The van der Waals surface area contributed by atoms with Crippen molar-refractivity contribution in [1.82, 2.24) is 0 Å². The van der Waals surface area contributed by atoms with E-state index in [9.17, 15) is 0 Å². The molecule has 0 amide bonds. The van der Waals surface area contributed by atoms with E-state index in [1.807, 2.05) is 24.3 Å². The molecule has 3 aromatic rings. The minimum atomic E-state index is -0.0876. The van der Waals surface area contributed by atoms with Crippen LogP contribution >= 0.6 is 23.2 Å². The summed E-state index contributed by atoms with van der Waals surface area (Å²) in [6, 6.07) is 20.6. The van der Waals surface area contributed by atoms with Gasteiger partial charge in [0.15, 0.2) is 0 Å². The number of fused-ring (bicyclic) bond motifs is 1. The highest BCUT2D eigenvalue weighted by Crippen LogP contribution is 2.33. The van der Waals surface area contributed by atoms with E-state index in [0.29, 0.717) is 0 Å². The Morgan fingerprint density at radius 3 is 2.29 bits per heavy atom. The van der Waals surface area contributed by atoms with Gasteiger partial charge < -0.3 is 0 Å². The minimum absolute atomic E-state index is 0.0876. The van der Waals surface area contributed by atoms with Gasteiger partial charge in [0.1, 0.15) is 0 Å². The van der Waals surface area contributed by atoms with Crippen molar-refractivity contribution in [2.75, 3.05) is 0 Å². The number of rotatable bonds is 3. The molecule has 0 saturated heterocycles. The molecule has 0 saturated carbocycles. The zero-order valence-electron chi connectivity index (χ0n) is 11.8. The van der Waals surface area contributed by atoms with Crippen LogP contribution in [-0.2, 0) is 6.42 Å². The van der Waals surface area contributed by atoms with Gasteiger partial charge >= 0.3 is 0 Å². The first-order valence-electron chi connectivity index (χ1n) is 7.02. The molecule has 0 fully saturated rings. The monoisotopic (exact) mass is 314 g/mol. The average Bonchev–Trinajstić information content (AvgIpc) is 2.50. The smallest absolute Gasteiger partial charge is 0.0632 e. The van der Waals surface area contributed by atoms with Crippen molar-refractivity contribution in [1.29, 1.82) is 0 Å². The zero-order valence-corrected chi connectivity index (χ0v) is 13.3. The minimum Gasteiger partial charge on any atom is -0.117 e. The Labute approximate surface area is 135 Å². The Bertz CT molecular complexity index is 777. The molecule has 1 atom stereocenters. The lowest BCUT2D eigenvalue weighted by Gasteiger charge is -2.15. The van der Waals surface area contributed by atoms with Crippen molar-refractivity contribution in [3.05, 3.63) is 82.4 Å². The molecule has 0 bridgehead atoms. The molecule has 0 heterocycles. The van der Waals surface area contributed by atoms with Gasteiger partial charge in [-0.2, -0.15) is 0 Å². The van der Waals surface area contributed by atoms with Gasteiger partial charge in [0.2, 0.25) is 0 Å². The molecule has 2 heteroatoms. The van der Waals surface area contributed by atoms with Gasteiger partial charge in [0.25, 0.3) is 0 Å². The van der Waals surface area contributed by atoms with Crippen LogP contribution in [0.15, 0.2) is 60.7 Å². The summed E-state index contributed by atoms with van der Waals surface area (Å²) in [5, 5.41) is 3.18. The van der Waals surface area contributed by atoms with Crippen molar-refractivity contribution in [2.45, 2.75) is 18.7 Å². The summed E-state index contributed by atoms with van der Waals surface area (Å²) in [5.41, 5.74) is 3.53. The van der Waals surface area contributed by atoms with Gasteiger partial charge in [0, 0.05) is 5.02 Å². The molecule has 0 aliphatic rings. The molecule has 0 spiro atoms. The van der Waals surface area contributed by atoms with Crippen LogP contribution in [0.25, 0.3) is 10.8 Å². The second-order valence-electron chi connectivity index (χ2n) is 5.28. The Morgan fingerprint density at radius 1 is 0.857 bits per heavy atom. The fourth-order valence-electron chi connectivity index (χ4n) is 2.71. The third-order valence-corrected chi connectivity index (χ3v) is 4.63. The van der Waals surface area contributed by atoms with Gasteiger partial charge in [0.05, 0.1) is 5.38 Å². The third-order valence-electron chi connectivity index (χ3n) is 3.87. The summed E-state index contributed by atoms with van der Waals surface area (Å²) in [4.78, 5) is 0. The molecule has 21 heavy (non-hydrogen) atoms. The molecule has 0 aromatic heterocycles. The number of aryl methyl sites for hydroxylation is 1. The van der Waals surface area contributed by atoms with E-state index >= 15 is 0 Å². The van der Waals surface area contributed by atoms with Gasteiger partial charge in [-0.05, 0) is 46.9 Å². The lowest BCUT2D eigenvalue weighted by atomic mass is 9.95. The fourth-order valence-corrected chi connectivity index (χ4v) is 3.28. The first kappa shape index (κ1) is 14.4. The van der Waals surface area contributed by atoms with E-state index in [-0.39, 0.29) is 5.38 Å². The highest BCUT2D eigenvalue weighted by molar-refractivity contribution is 6.31. The quantitative estimate of drug-likeness (QED) is 0.496. The SMILES string of the molecule is Cc1ccc(C(Cl)Cc2ccccc2Cl)c2ccccc12. The third kappa shape index (κ3) is 2.92. The predicted octanol–water partition coefficient (Wildman–Crippen LogP) is 6.32. The summed E-state index contributed by atoms with van der Waals surface area (Å²) in [6.07, 6.45) is 0.730. The van der Waals surface area contributed by atoms with Gasteiger partial charge in [-0.15, -0.1) is 11.6 Å². The summed E-state index contributed by atoms with van der Waals surface area (Å²) in [5.74, 6) is 0. The molecule has 0 aliphatic heterocycles. The second-order valence-corrected chi connectivity index (χ2v) is 6.21. The van der Waals surface area contributed by atoms with Gasteiger partial charge in [-0.3, -0.25) is 0 Å². The number of halogens is 2. The maximum absolute atomic E-state index is 6.69. The highest BCUT2D eigenvalue weighted by Gasteiger charge is 2.14. The summed E-state index contributed by atoms with van der Waals surface area (Å²) in [7, 11) is 0. The highest BCUT2D eigenvalue weighted by atomic mass is 35.5. The molecular formula is C19H16Cl2. The fraction of sp³-hybridized carbons (Fsp3) is 0.158. The van der Waals surface area contributed by atoms with Crippen LogP contribution in [-0.4, -0.2) is 0 Å².